The average molecular weight is 255 g/mol. The molecule has 0 amide bonds. The molecule has 0 nitrogen and oxygen atoms in total. The molecule has 2 heteroatoms. The van der Waals surface area contributed by atoms with Crippen LogP contribution in [0.3, 0.4) is 0 Å². The van der Waals surface area contributed by atoms with Crippen LogP contribution in [0.1, 0.15) is 38.7 Å². The van der Waals surface area contributed by atoms with Gasteiger partial charge in [-0.25, -0.2) is 0 Å². The molecule has 0 aliphatic rings. The predicted octanol–water partition coefficient (Wildman–Crippen LogP) is 5.15. The number of halogens is 2. The molecule has 0 heterocycles. The van der Waals surface area contributed by atoms with Gasteiger partial charge in [0, 0.05) is 22.4 Å². The van der Waals surface area contributed by atoms with Crippen molar-refractivity contribution < 1.29 is 0 Å². The van der Waals surface area contributed by atoms with Crippen LogP contribution in [-0.2, 0) is 0 Å². The topological polar surface area (TPSA) is 0 Å². The summed E-state index contributed by atoms with van der Waals surface area (Å²) in [5, 5.41) is 1.45. The van der Waals surface area contributed by atoms with Crippen LogP contribution in [0.25, 0.3) is 0 Å². The Morgan fingerprint density at radius 3 is 2.25 bits per heavy atom. The molecular weight excluding hydrogens is 239 g/mol. The van der Waals surface area contributed by atoms with Gasteiger partial charge in [-0.3, -0.25) is 0 Å². The van der Waals surface area contributed by atoms with Gasteiger partial charge in [0.1, 0.15) is 0 Å². The summed E-state index contributed by atoms with van der Waals surface area (Å²) >= 11 is 12.3. The summed E-state index contributed by atoms with van der Waals surface area (Å²) in [4.78, 5) is 0. The number of rotatable bonds is 2. The zero-order valence-corrected chi connectivity index (χ0v) is 11.4. The standard InChI is InChI=1S/C14H16Cl2/c1-4-5-7-10(2)11(3)14-12(15)8-6-9-13(14)16/h6,8-11H,4H2,1-3H3. The van der Waals surface area contributed by atoms with Gasteiger partial charge in [-0.1, -0.05) is 56.0 Å². The van der Waals surface area contributed by atoms with Crippen LogP contribution in [0.2, 0.25) is 10.0 Å². The molecule has 0 saturated heterocycles. The van der Waals surface area contributed by atoms with Crippen LogP contribution in [0.4, 0.5) is 0 Å². The van der Waals surface area contributed by atoms with E-state index >= 15 is 0 Å². The summed E-state index contributed by atoms with van der Waals surface area (Å²) in [5.41, 5.74) is 1.00. The summed E-state index contributed by atoms with van der Waals surface area (Å²) in [5.74, 6) is 6.83. The second-order valence-electron chi connectivity index (χ2n) is 3.89. The van der Waals surface area contributed by atoms with Crippen LogP contribution in [0, 0.1) is 17.8 Å². The molecule has 0 aromatic heterocycles. The van der Waals surface area contributed by atoms with Gasteiger partial charge in [-0.05, 0) is 23.6 Å². The van der Waals surface area contributed by atoms with E-state index in [9.17, 15) is 0 Å². The van der Waals surface area contributed by atoms with Crippen molar-refractivity contribution in [3.8, 4) is 11.8 Å². The molecule has 2 unspecified atom stereocenters. The molecule has 1 aromatic rings. The van der Waals surface area contributed by atoms with E-state index in [0.717, 1.165) is 22.0 Å². The third kappa shape index (κ3) is 3.17. The fourth-order valence-corrected chi connectivity index (χ4v) is 2.33. The van der Waals surface area contributed by atoms with Gasteiger partial charge in [-0.2, -0.15) is 0 Å². The zero-order valence-electron chi connectivity index (χ0n) is 9.85. The minimum Gasteiger partial charge on any atom is -0.103 e. The Morgan fingerprint density at radius 2 is 1.75 bits per heavy atom. The molecule has 1 rings (SSSR count). The van der Waals surface area contributed by atoms with Crippen LogP contribution in [0.15, 0.2) is 18.2 Å². The molecule has 0 saturated carbocycles. The molecule has 0 fully saturated rings. The lowest BCUT2D eigenvalue weighted by Crippen LogP contribution is -2.05. The summed E-state index contributed by atoms with van der Waals surface area (Å²) in [6.07, 6.45) is 0.882. The summed E-state index contributed by atoms with van der Waals surface area (Å²) < 4.78 is 0. The smallest absolute Gasteiger partial charge is 0.0456 e. The van der Waals surface area contributed by atoms with E-state index in [2.05, 4.69) is 25.7 Å². The van der Waals surface area contributed by atoms with E-state index in [-0.39, 0.29) is 11.8 Å². The van der Waals surface area contributed by atoms with E-state index in [1.807, 2.05) is 25.1 Å². The van der Waals surface area contributed by atoms with Gasteiger partial charge < -0.3 is 0 Å². The summed E-state index contributed by atoms with van der Waals surface area (Å²) in [6.45, 7) is 6.27. The van der Waals surface area contributed by atoms with E-state index < -0.39 is 0 Å². The molecule has 0 N–H and O–H groups in total. The maximum Gasteiger partial charge on any atom is 0.0456 e. The van der Waals surface area contributed by atoms with Crippen LogP contribution >= 0.6 is 23.2 Å². The second-order valence-corrected chi connectivity index (χ2v) is 4.70. The fraction of sp³-hybridized carbons (Fsp3) is 0.429. The highest BCUT2D eigenvalue weighted by Gasteiger charge is 2.18. The molecule has 0 aliphatic carbocycles. The van der Waals surface area contributed by atoms with E-state index in [1.165, 1.54) is 0 Å². The normalized spacial score (nSPS) is 13.8. The van der Waals surface area contributed by atoms with Crippen molar-refractivity contribution in [1.82, 2.24) is 0 Å². The van der Waals surface area contributed by atoms with Crippen LogP contribution in [-0.4, -0.2) is 0 Å². The third-order valence-corrected chi connectivity index (χ3v) is 3.37. The zero-order chi connectivity index (χ0) is 12.1. The van der Waals surface area contributed by atoms with Crippen molar-refractivity contribution in [2.75, 3.05) is 0 Å². The molecule has 0 spiro atoms. The highest BCUT2D eigenvalue weighted by Crippen LogP contribution is 2.35. The molecular formula is C14H16Cl2. The number of hydrogen-bond donors (Lipinski definition) is 0. The Labute approximate surface area is 108 Å². The molecule has 1 aromatic carbocycles. The Balaban J connectivity index is 3.00. The van der Waals surface area contributed by atoms with Gasteiger partial charge >= 0.3 is 0 Å². The van der Waals surface area contributed by atoms with E-state index in [4.69, 9.17) is 23.2 Å². The molecule has 86 valence electrons. The molecule has 16 heavy (non-hydrogen) atoms. The molecule has 0 radical (unpaired) electrons. The van der Waals surface area contributed by atoms with Crippen molar-refractivity contribution in [2.45, 2.75) is 33.1 Å². The van der Waals surface area contributed by atoms with Crippen LogP contribution in [0.5, 0.6) is 0 Å². The predicted molar refractivity (Wildman–Crippen MR) is 72.1 cm³/mol. The van der Waals surface area contributed by atoms with Gasteiger partial charge in [0.25, 0.3) is 0 Å². The van der Waals surface area contributed by atoms with Crippen molar-refractivity contribution in [2.24, 2.45) is 5.92 Å². The first-order valence-electron chi connectivity index (χ1n) is 5.50. The largest absolute Gasteiger partial charge is 0.103 e. The lowest BCUT2D eigenvalue weighted by Gasteiger charge is -2.18. The highest BCUT2D eigenvalue weighted by atomic mass is 35.5. The van der Waals surface area contributed by atoms with Crippen molar-refractivity contribution in [3.05, 3.63) is 33.8 Å². The third-order valence-electron chi connectivity index (χ3n) is 2.71. The monoisotopic (exact) mass is 254 g/mol. The Bertz CT molecular complexity index is 392. The average Bonchev–Trinajstić information content (AvgIpc) is 2.25. The van der Waals surface area contributed by atoms with Gasteiger partial charge in [-0.15, -0.1) is 5.92 Å². The Morgan fingerprint density at radius 1 is 1.19 bits per heavy atom. The lowest BCUT2D eigenvalue weighted by atomic mass is 9.89. The molecule has 2 atom stereocenters. The minimum atomic E-state index is 0.250. The first-order valence-corrected chi connectivity index (χ1v) is 6.25. The minimum absolute atomic E-state index is 0.250. The number of hydrogen-bond acceptors (Lipinski definition) is 0. The molecule has 0 aliphatic heterocycles. The summed E-state index contributed by atoms with van der Waals surface area (Å²) in [7, 11) is 0. The van der Waals surface area contributed by atoms with Gasteiger partial charge in [0.15, 0.2) is 0 Å². The van der Waals surface area contributed by atoms with Crippen molar-refractivity contribution in [1.29, 1.82) is 0 Å². The highest BCUT2D eigenvalue weighted by molar-refractivity contribution is 6.36. The molecule has 0 bridgehead atoms. The first-order chi connectivity index (χ1) is 7.57. The number of benzene rings is 1. The first kappa shape index (κ1) is 13.4. The van der Waals surface area contributed by atoms with Gasteiger partial charge in [0.05, 0.1) is 0 Å². The van der Waals surface area contributed by atoms with Gasteiger partial charge in [0.2, 0.25) is 0 Å². The SMILES string of the molecule is CCC#CC(C)C(C)c1c(Cl)cccc1Cl. The maximum absolute atomic E-state index is 6.17. The van der Waals surface area contributed by atoms with Crippen LogP contribution < -0.4 is 0 Å². The van der Waals surface area contributed by atoms with E-state index in [0.29, 0.717) is 0 Å². The maximum atomic E-state index is 6.17. The van der Waals surface area contributed by atoms with E-state index in [1.54, 1.807) is 0 Å². The second kappa shape index (κ2) is 6.18. The Kier molecular flexibility index (Phi) is 5.19. The lowest BCUT2D eigenvalue weighted by molar-refractivity contribution is 0.610. The fourth-order valence-electron chi connectivity index (χ4n) is 1.58. The quantitative estimate of drug-likeness (QED) is 0.641. The Hall–Kier alpha value is -0.640. The summed E-state index contributed by atoms with van der Waals surface area (Å²) in [6, 6.07) is 5.61. The van der Waals surface area contributed by atoms with Crippen molar-refractivity contribution in [3.63, 3.8) is 0 Å². The van der Waals surface area contributed by atoms with Crippen molar-refractivity contribution >= 4 is 23.2 Å².